The number of benzene rings is 1. The van der Waals surface area contributed by atoms with Crippen LogP contribution in [0.1, 0.15) is 18.9 Å². The van der Waals surface area contributed by atoms with Crippen molar-refractivity contribution in [3.05, 3.63) is 34.4 Å². The lowest BCUT2D eigenvalue weighted by atomic mass is 10.1. The minimum atomic E-state index is 0.337. The molecule has 6 heteroatoms. The van der Waals surface area contributed by atoms with Crippen molar-refractivity contribution in [1.82, 2.24) is 20.3 Å². The van der Waals surface area contributed by atoms with Crippen LogP contribution in [-0.4, -0.2) is 28.1 Å². The molecule has 4 nitrogen and oxygen atoms in total. The molecular formula is C13H14Cl2N4. The lowest BCUT2D eigenvalue weighted by molar-refractivity contribution is 0.344. The van der Waals surface area contributed by atoms with Gasteiger partial charge >= 0.3 is 0 Å². The molecule has 0 bridgehead atoms. The summed E-state index contributed by atoms with van der Waals surface area (Å²) >= 11 is 12.1. The lowest BCUT2D eigenvalue weighted by Crippen LogP contribution is -2.32. The van der Waals surface area contributed by atoms with Gasteiger partial charge in [0.15, 0.2) is 0 Å². The minimum Gasteiger partial charge on any atom is -0.315 e. The molecule has 0 radical (unpaired) electrons. The van der Waals surface area contributed by atoms with Gasteiger partial charge in [0.1, 0.15) is 0 Å². The Morgan fingerprint density at radius 2 is 2.00 bits per heavy atom. The number of halogens is 2. The zero-order chi connectivity index (χ0) is 13.2. The first-order valence-corrected chi connectivity index (χ1v) is 7.07. The molecule has 1 aromatic carbocycles. The molecule has 1 unspecified atom stereocenters. The van der Waals surface area contributed by atoms with Crippen LogP contribution in [0.5, 0.6) is 0 Å². The van der Waals surface area contributed by atoms with Crippen molar-refractivity contribution in [3.8, 4) is 11.3 Å². The average Bonchev–Trinajstić information content (AvgIpc) is 2.88. The second-order valence-corrected chi connectivity index (χ2v) is 5.59. The van der Waals surface area contributed by atoms with E-state index < -0.39 is 0 Å². The van der Waals surface area contributed by atoms with E-state index in [4.69, 9.17) is 23.2 Å². The summed E-state index contributed by atoms with van der Waals surface area (Å²) in [6.07, 6.45) is 4.02. The minimum absolute atomic E-state index is 0.337. The Balaban J connectivity index is 1.98. The molecule has 3 rings (SSSR count). The molecule has 0 saturated carbocycles. The fourth-order valence-electron chi connectivity index (χ4n) is 2.46. The van der Waals surface area contributed by atoms with Gasteiger partial charge < -0.3 is 5.32 Å². The maximum Gasteiger partial charge on any atom is 0.0890 e. The molecule has 2 heterocycles. The normalized spacial score (nSPS) is 19.6. The van der Waals surface area contributed by atoms with Crippen molar-refractivity contribution in [3.63, 3.8) is 0 Å². The number of hydrogen-bond acceptors (Lipinski definition) is 3. The van der Waals surface area contributed by atoms with Crippen LogP contribution in [-0.2, 0) is 0 Å². The smallest absolute Gasteiger partial charge is 0.0890 e. The van der Waals surface area contributed by atoms with E-state index in [1.807, 2.05) is 16.8 Å². The number of nitrogens with one attached hydrogen (secondary N) is 1. The van der Waals surface area contributed by atoms with Gasteiger partial charge in [-0.05, 0) is 37.6 Å². The summed E-state index contributed by atoms with van der Waals surface area (Å²) in [5, 5.41) is 12.9. The predicted molar refractivity (Wildman–Crippen MR) is 76.6 cm³/mol. The van der Waals surface area contributed by atoms with Crippen molar-refractivity contribution >= 4 is 23.2 Å². The first kappa shape index (κ1) is 12.9. The van der Waals surface area contributed by atoms with Crippen molar-refractivity contribution in [1.29, 1.82) is 0 Å². The van der Waals surface area contributed by atoms with Crippen LogP contribution in [0.15, 0.2) is 24.4 Å². The Kier molecular flexibility index (Phi) is 3.73. The second-order valence-electron chi connectivity index (χ2n) is 4.72. The zero-order valence-corrected chi connectivity index (χ0v) is 11.8. The maximum atomic E-state index is 6.06. The molecule has 1 aliphatic rings. The topological polar surface area (TPSA) is 42.7 Å². The summed E-state index contributed by atoms with van der Waals surface area (Å²) in [7, 11) is 0. The Labute approximate surface area is 121 Å². The Morgan fingerprint density at radius 3 is 2.68 bits per heavy atom. The first-order valence-electron chi connectivity index (χ1n) is 6.31. The van der Waals surface area contributed by atoms with Gasteiger partial charge in [0.2, 0.25) is 0 Å². The number of aromatic nitrogens is 3. The Hall–Kier alpha value is -1.10. The molecule has 1 aliphatic heterocycles. The molecular weight excluding hydrogens is 283 g/mol. The van der Waals surface area contributed by atoms with E-state index in [2.05, 4.69) is 15.6 Å². The fourth-order valence-corrected chi connectivity index (χ4v) is 2.99. The van der Waals surface area contributed by atoms with Gasteiger partial charge in [-0.3, -0.25) is 0 Å². The van der Waals surface area contributed by atoms with Crippen LogP contribution in [0, 0.1) is 0 Å². The first-order chi connectivity index (χ1) is 9.24. The third kappa shape index (κ3) is 2.76. The third-order valence-corrected chi connectivity index (χ3v) is 3.79. The van der Waals surface area contributed by atoms with Crippen molar-refractivity contribution in [2.75, 3.05) is 13.1 Å². The summed E-state index contributed by atoms with van der Waals surface area (Å²) in [4.78, 5) is 0. The third-order valence-electron chi connectivity index (χ3n) is 3.35. The number of nitrogens with zero attached hydrogens (tertiary/aromatic N) is 3. The molecule has 100 valence electrons. The second kappa shape index (κ2) is 5.49. The number of hydrogen-bond donors (Lipinski definition) is 1. The van der Waals surface area contributed by atoms with Gasteiger partial charge in [0.25, 0.3) is 0 Å². The molecule has 1 fully saturated rings. The maximum absolute atomic E-state index is 6.06. The summed E-state index contributed by atoms with van der Waals surface area (Å²) < 4.78 is 1.97. The molecule has 1 atom stereocenters. The van der Waals surface area contributed by atoms with E-state index in [0.717, 1.165) is 37.2 Å². The van der Waals surface area contributed by atoms with Gasteiger partial charge in [0, 0.05) is 22.2 Å². The van der Waals surface area contributed by atoms with Crippen molar-refractivity contribution in [2.45, 2.75) is 18.9 Å². The summed E-state index contributed by atoms with van der Waals surface area (Å²) in [5.74, 6) is 0. The van der Waals surface area contributed by atoms with Crippen LogP contribution in [0.2, 0.25) is 10.0 Å². The van der Waals surface area contributed by atoms with E-state index in [-0.39, 0.29) is 0 Å². The number of rotatable bonds is 2. The molecule has 1 aromatic heterocycles. The largest absolute Gasteiger partial charge is 0.315 e. The fraction of sp³-hybridized carbons (Fsp3) is 0.385. The van der Waals surface area contributed by atoms with Crippen LogP contribution in [0.25, 0.3) is 11.3 Å². The zero-order valence-electron chi connectivity index (χ0n) is 10.3. The molecule has 19 heavy (non-hydrogen) atoms. The van der Waals surface area contributed by atoms with Gasteiger partial charge in [-0.15, -0.1) is 5.10 Å². The van der Waals surface area contributed by atoms with Crippen LogP contribution >= 0.6 is 23.2 Å². The highest BCUT2D eigenvalue weighted by Gasteiger charge is 2.19. The van der Waals surface area contributed by atoms with E-state index in [0.29, 0.717) is 16.1 Å². The highest BCUT2D eigenvalue weighted by Crippen LogP contribution is 2.29. The lowest BCUT2D eigenvalue weighted by Gasteiger charge is -2.24. The monoisotopic (exact) mass is 296 g/mol. The Morgan fingerprint density at radius 1 is 1.21 bits per heavy atom. The van der Waals surface area contributed by atoms with E-state index in [1.54, 1.807) is 12.3 Å². The number of piperidine rings is 1. The van der Waals surface area contributed by atoms with Gasteiger partial charge in [-0.1, -0.05) is 28.4 Å². The van der Waals surface area contributed by atoms with E-state index in [9.17, 15) is 0 Å². The average molecular weight is 297 g/mol. The van der Waals surface area contributed by atoms with Crippen LogP contribution in [0.3, 0.4) is 0 Å². The molecule has 1 N–H and O–H groups in total. The van der Waals surface area contributed by atoms with Crippen molar-refractivity contribution < 1.29 is 0 Å². The standard InChI is InChI=1S/C13H14Cl2N4/c14-10-4-9(5-11(15)6-10)13-8-17-18-19(13)12-2-1-3-16-7-12/h4-6,8,12,16H,1-3,7H2. The Bertz CT molecular complexity index is 556. The van der Waals surface area contributed by atoms with Gasteiger partial charge in [0.05, 0.1) is 17.9 Å². The predicted octanol–water partition coefficient (Wildman–Crippen LogP) is 3.18. The van der Waals surface area contributed by atoms with Crippen molar-refractivity contribution in [2.24, 2.45) is 0 Å². The summed E-state index contributed by atoms with van der Waals surface area (Å²) in [6, 6.07) is 5.84. The van der Waals surface area contributed by atoms with E-state index >= 15 is 0 Å². The quantitative estimate of drug-likeness (QED) is 0.925. The molecule has 2 aromatic rings. The molecule has 0 spiro atoms. The van der Waals surface area contributed by atoms with Gasteiger partial charge in [-0.25, -0.2) is 4.68 Å². The molecule has 0 aliphatic carbocycles. The molecule has 1 saturated heterocycles. The van der Waals surface area contributed by atoms with E-state index in [1.165, 1.54) is 0 Å². The highest BCUT2D eigenvalue weighted by atomic mass is 35.5. The summed E-state index contributed by atoms with van der Waals surface area (Å²) in [6.45, 7) is 1.99. The van der Waals surface area contributed by atoms with Crippen LogP contribution in [0.4, 0.5) is 0 Å². The SMILES string of the molecule is Clc1cc(Cl)cc(-c2cnnn2C2CCCNC2)c1. The van der Waals surface area contributed by atoms with Gasteiger partial charge in [-0.2, -0.15) is 0 Å². The van der Waals surface area contributed by atoms with Crippen LogP contribution < -0.4 is 5.32 Å². The highest BCUT2D eigenvalue weighted by molar-refractivity contribution is 6.35. The summed E-state index contributed by atoms with van der Waals surface area (Å²) in [5.41, 5.74) is 1.91. The molecule has 0 amide bonds.